The number of hydrogen-bond donors (Lipinski definition) is 3. The van der Waals surface area contributed by atoms with E-state index in [0.29, 0.717) is 5.11 Å². The number of nitrogens with one attached hydrogen (secondary N) is 2. The summed E-state index contributed by atoms with van der Waals surface area (Å²) in [6, 6.07) is 6.35. The van der Waals surface area contributed by atoms with Gasteiger partial charge in [0.05, 0.1) is 5.56 Å². The Morgan fingerprint density at radius 1 is 1.25 bits per heavy atom. The van der Waals surface area contributed by atoms with Gasteiger partial charge in [0.2, 0.25) is 0 Å². The molecule has 0 saturated heterocycles. The van der Waals surface area contributed by atoms with Gasteiger partial charge >= 0.3 is 5.97 Å². The first-order chi connectivity index (χ1) is 7.63. The van der Waals surface area contributed by atoms with E-state index < -0.39 is 5.97 Å². The lowest BCUT2D eigenvalue weighted by Gasteiger charge is -2.06. The van der Waals surface area contributed by atoms with Gasteiger partial charge in [0, 0.05) is 12.7 Å². The van der Waals surface area contributed by atoms with Gasteiger partial charge in [0.25, 0.3) is 0 Å². The summed E-state index contributed by atoms with van der Waals surface area (Å²) in [5.74, 6) is -0.937. The number of carboxylic acids is 1. The Morgan fingerprint density at radius 2 is 1.75 bits per heavy atom. The summed E-state index contributed by atoms with van der Waals surface area (Å²) in [6.07, 6.45) is 0. The largest absolute Gasteiger partial charge is 0.478 e. The molecule has 88 valence electrons. The standard InChI is InChI=1S/C9H10N2O2S.C2H6/c1-10-9(14)11-7-4-2-6(3-5-7)8(12)13;1-2/h2-5H,1H3,(H,12,13)(H2,10,11,14);1-2H3. The maximum atomic E-state index is 10.5. The fourth-order valence-corrected chi connectivity index (χ4v) is 1.01. The molecule has 0 radical (unpaired) electrons. The van der Waals surface area contributed by atoms with Gasteiger partial charge in [0.15, 0.2) is 5.11 Å². The molecule has 1 aromatic rings. The topological polar surface area (TPSA) is 61.4 Å². The molecule has 1 aromatic carbocycles. The molecule has 1 rings (SSSR count). The molecule has 4 nitrogen and oxygen atoms in total. The van der Waals surface area contributed by atoms with Gasteiger partial charge in [-0.3, -0.25) is 0 Å². The van der Waals surface area contributed by atoms with Crippen molar-refractivity contribution < 1.29 is 9.90 Å². The normalized spacial score (nSPS) is 8.44. The summed E-state index contributed by atoms with van der Waals surface area (Å²) >= 11 is 4.88. The Labute approximate surface area is 101 Å². The highest BCUT2D eigenvalue weighted by Crippen LogP contribution is 2.09. The summed E-state index contributed by atoms with van der Waals surface area (Å²) < 4.78 is 0. The van der Waals surface area contributed by atoms with Gasteiger partial charge in [-0.2, -0.15) is 0 Å². The second kappa shape index (κ2) is 7.64. The van der Waals surface area contributed by atoms with E-state index in [2.05, 4.69) is 10.6 Å². The van der Waals surface area contributed by atoms with Gasteiger partial charge in [0.1, 0.15) is 0 Å². The molecule has 0 spiro atoms. The Balaban J connectivity index is 0.00000106. The summed E-state index contributed by atoms with van der Waals surface area (Å²) in [6.45, 7) is 4.00. The van der Waals surface area contributed by atoms with E-state index in [0.717, 1.165) is 5.69 Å². The van der Waals surface area contributed by atoms with Crippen LogP contribution in [-0.2, 0) is 0 Å². The van der Waals surface area contributed by atoms with Crippen molar-refractivity contribution in [2.45, 2.75) is 13.8 Å². The highest BCUT2D eigenvalue weighted by atomic mass is 32.1. The molecule has 0 bridgehead atoms. The van der Waals surface area contributed by atoms with Crippen molar-refractivity contribution in [1.29, 1.82) is 0 Å². The van der Waals surface area contributed by atoms with Gasteiger partial charge < -0.3 is 15.7 Å². The zero-order valence-corrected chi connectivity index (χ0v) is 10.4. The van der Waals surface area contributed by atoms with Crippen LogP contribution in [0.15, 0.2) is 24.3 Å². The predicted octanol–water partition coefficient (Wildman–Crippen LogP) is 2.33. The number of benzene rings is 1. The van der Waals surface area contributed by atoms with Crippen LogP contribution in [0.25, 0.3) is 0 Å². The van der Waals surface area contributed by atoms with Crippen LogP contribution < -0.4 is 10.6 Å². The Hall–Kier alpha value is -1.62. The van der Waals surface area contributed by atoms with Gasteiger partial charge in [-0.25, -0.2) is 4.79 Å². The third-order valence-electron chi connectivity index (χ3n) is 1.62. The van der Waals surface area contributed by atoms with Crippen molar-refractivity contribution in [2.75, 3.05) is 12.4 Å². The maximum absolute atomic E-state index is 10.5. The number of anilines is 1. The van der Waals surface area contributed by atoms with Crippen molar-refractivity contribution in [3.63, 3.8) is 0 Å². The highest BCUT2D eigenvalue weighted by molar-refractivity contribution is 7.80. The van der Waals surface area contributed by atoms with Crippen molar-refractivity contribution >= 4 is 29.0 Å². The van der Waals surface area contributed by atoms with Crippen LogP contribution in [-0.4, -0.2) is 23.2 Å². The Morgan fingerprint density at radius 3 is 2.12 bits per heavy atom. The zero-order chi connectivity index (χ0) is 12.6. The molecule has 3 N–H and O–H groups in total. The van der Waals surface area contributed by atoms with E-state index in [9.17, 15) is 4.79 Å². The average Bonchev–Trinajstić information content (AvgIpc) is 2.32. The fourth-order valence-electron chi connectivity index (χ4n) is 0.890. The Kier molecular flexibility index (Phi) is 6.87. The van der Waals surface area contributed by atoms with Crippen LogP contribution in [0.4, 0.5) is 5.69 Å². The van der Waals surface area contributed by atoms with Crippen molar-refractivity contribution in [3.05, 3.63) is 29.8 Å². The van der Waals surface area contributed by atoms with Crippen LogP contribution in [0.1, 0.15) is 24.2 Å². The van der Waals surface area contributed by atoms with Gasteiger partial charge in [-0.1, -0.05) is 13.8 Å². The lowest BCUT2D eigenvalue weighted by molar-refractivity contribution is 0.0697. The highest BCUT2D eigenvalue weighted by Gasteiger charge is 2.01. The molecule has 0 aliphatic heterocycles. The van der Waals surface area contributed by atoms with E-state index in [1.165, 1.54) is 12.1 Å². The van der Waals surface area contributed by atoms with Crippen LogP contribution in [0.2, 0.25) is 0 Å². The zero-order valence-electron chi connectivity index (χ0n) is 9.57. The van der Waals surface area contributed by atoms with Crippen LogP contribution in [0.5, 0.6) is 0 Å². The molecule has 0 aromatic heterocycles. The summed E-state index contributed by atoms with van der Waals surface area (Å²) in [4.78, 5) is 10.5. The summed E-state index contributed by atoms with van der Waals surface area (Å²) in [7, 11) is 1.71. The first-order valence-electron chi connectivity index (χ1n) is 4.95. The van der Waals surface area contributed by atoms with Crippen LogP contribution in [0, 0.1) is 0 Å². The van der Waals surface area contributed by atoms with Crippen molar-refractivity contribution in [1.82, 2.24) is 5.32 Å². The quantitative estimate of drug-likeness (QED) is 0.693. The summed E-state index contributed by atoms with van der Waals surface area (Å²) in [5.41, 5.74) is 1.01. The van der Waals surface area contributed by atoms with Gasteiger partial charge in [-0.15, -0.1) is 0 Å². The van der Waals surface area contributed by atoms with E-state index >= 15 is 0 Å². The second-order valence-corrected chi connectivity index (χ2v) is 2.99. The molecule has 16 heavy (non-hydrogen) atoms. The number of rotatable bonds is 2. The van der Waals surface area contributed by atoms with Crippen molar-refractivity contribution in [2.24, 2.45) is 0 Å². The molecule has 5 heteroatoms. The third-order valence-corrected chi connectivity index (χ3v) is 1.92. The minimum atomic E-state index is -0.937. The van der Waals surface area contributed by atoms with Gasteiger partial charge in [-0.05, 0) is 36.5 Å². The molecular weight excluding hydrogens is 224 g/mol. The first-order valence-corrected chi connectivity index (χ1v) is 5.36. The summed E-state index contributed by atoms with van der Waals surface area (Å²) in [5, 5.41) is 14.8. The first kappa shape index (κ1) is 14.4. The van der Waals surface area contributed by atoms with Crippen LogP contribution >= 0.6 is 12.2 Å². The number of aromatic carboxylic acids is 1. The number of carboxylic acid groups (broad SMARTS) is 1. The van der Waals surface area contributed by atoms with E-state index in [1.54, 1.807) is 19.2 Å². The molecule has 0 saturated carbocycles. The minimum absolute atomic E-state index is 0.255. The maximum Gasteiger partial charge on any atom is 0.335 e. The molecule has 0 atom stereocenters. The third kappa shape index (κ3) is 4.75. The smallest absolute Gasteiger partial charge is 0.335 e. The average molecular weight is 240 g/mol. The monoisotopic (exact) mass is 240 g/mol. The molecular formula is C11H16N2O2S. The lowest BCUT2D eigenvalue weighted by Crippen LogP contribution is -2.24. The molecule has 0 amide bonds. The fraction of sp³-hybridized carbons (Fsp3) is 0.273. The predicted molar refractivity (Wildman–Crippen MR) is 70.0 cm³/mol. The Bertz CT molecular complexity index is 350. The van der Waals surface area contributed by atoms with E-state index in [4.69, 9.17) is 17.3 Å². The number of hydrogen-bond acceptors (Lipinski definition) is 2. The molecule has 0 aliphatic rings. The number of thiocarbonyl (C=S) groups is 1. The number of carbonyl (C=O) groups is 1. The molecule has 0 unspecified atom stereocenters. The second-order valence-electron chi connectivity index (χ2n) is 2.59. The van der Waals surface area contributed by atoms with E-state index in [1.807, 2.05) is 13.8 Å². The van der Waals surface area contributed by atoms with Crippen LogP contribution in [0.3, 0.4) is 0 Å². The lowest BCUT2D eigenvalue weighted by atomic mass is 10.2. The van der Waals surface area contributed by atoms with E-state index in [-0.39, 0.29) is 5.56 Å². The molecule has 0 aliphatic carbocycles. The molecule has 0 heterocycles. The molecule has 0 fully saturated rings. The SMILES string of the molecule is CC.CNC(=S)Nc1ccc(C(=O)O)cc1. The minimum Gasteiger partial charge on any atom is -0.478 e. The van der Waals surface area contributed by atoms with Crippen molar-refractivity contribution in [3.8, 4) is 0 Å².